The number of fused-ring (bicyclic) bond motifs is 4. The van der Waals surface area contributed by atoms with E-state index in [0.717, 1.165) is 30.5 Å². The molecule has 2 aliphatic rings. The molecule has 4 N–H and O–H groups in total. The van der Waals surface area contributed by atoms with Crippen LogP contribution in [0, 0.1) is 17.1 Å². The Balaban J connectivity index is 1.28. The molecule has 1 aliphatic heterocycles. The summed E-state index contributed by atoms with van der Waals surface area (Å²) in [5.41, 5.74) is 8.35. The van der Waals surface area contributed by atoms with Crippen LogP contribution in [-0.2, 0) is 5.41 Å². The van der Waals surface area contributed by atoms with Gasteiger partial charge >= 0.3 is 0 Å². The molecule has 2 aromatic carbocycles. The van der Waals surface area contributed by atoms with Crippen molar-refractivity contribution in [3.05, 3.63) is 70.4 Å². The summed E-state index contributed by atoms with van der Waals surface area (Å²) >= 11 is 0. The first-order chi connectivity index (χ1) is 19.9. The number of aromatic amines is 1. The average Bonchev–Trinajstić information content (AvgIpc) is 3.35. The fourth-order valence-electron chi connectivity index (χ4n) is 5.71. The Labute approximate surface area is 233 Å². The Morgan fingerprint density at radius 1 is 1.27 bits per heavy atom. The van der Waals surface area contributed by atoms with Crippen molar-refractivity contribution in [3.8, 4) is 17.5 Å². The van der Waals surface area contributed by atoms with Crippen LogP contribution in [0.4, 0.5) is 21.8 Å². The van der Waals surface area contributed by atoms with E-state index in [2.05, 4.69) is 26.6 Å². The van der Waals surface area contributed by atoms with E-state index in [1.54, 1.807) is 12.3 Å². The second kappa shape index (κ2) is 9.19. The highest BCUT2D eigenvalue weighted by molar-refractivity contribution is 6.05. The van der Waals surface area contributed by atoms with E-state index in [9.17, 15) is 14.4 Å². The number of nitriles is 1. The Morgan fingerprint density at radius 2 is 2.07 bits per heavy atom. The molecule has 1 atom stereocenters. The topological polar surface area (TPSA) is 151 Å². The molecule has 0 bridgehead atoms. The maximum absolute atomic E-state index is 13.8. The molecule has 0 radical (unpaired) electrons. The molecule has 7 rings (SSSR count). The molecule has 41 heavy (non-hydrogen) atoms. The largest absolute Gasteiger partial charge is 0.484 e. The summed E-state index contributed by atoms with van der Waals surface area (Å²) < 4.78 is 21.3. The predicted molar refractivity (Wildman–Crippen MR) is 153 cm³/mol. The van der Waals surface area contributed by atoms with E-state index in [-0.39, 0.29) is 28.7 Å². The lowest BCUT2D eigenvalue weighted by molar-refractivity contribution is 0.211. The molecular formula is C29H26FN9O2. The average molecular weight is 552 g/mol. The number of likely N-dealkylation sites (N-methyl/N-ethyl adjacent to an activating group) is 1. The number of hydrogen-bond acceptors (Lipinski definition) is 9. The molecule has 11 nitrogen and oxygen atoms in total. The van der Waals surface area contributed by atoms with Crippen LogP contribution < -0.4 is 26.2 Å². The number of H-pyrrole nitrogens is 1. The van der Waals surface area contributed by atoms with Gasteiger partial charge in [0.2, 0.25) is 5.95 Å². The zero-order valence-electron chi connectivity index (χ0n) is 22.2. The van der Waals surface area contributed by atoms with Crippen molar-refractivity contribution in [1.29, 1.82) is 5.26 Å². The third kappa shape index (κ3) is 3.92. The van der Waals surface area contributed by atoms with Gasteiger partial charge in [0.15, 0.2) is 11.5 Å². The van der Waals surface area contributed by atoms with E-state index in [1.807, 2.05) is 36.2 Å². The number of nitrogens with two attached hydrogens (primary N) is 1. The zero-order chi connectivity index (χ0) is 28.3. The first-order valence-electron chi connectivity index (χ1n) is 13.4. The highest BCUT2D eigenvalue weighted by Gasteiger charge is 2.38. The van der Waals surface area contributed by atoms with E-state index in [0.29, 0.717) is 47.0 Å². The highest BCUT2D eigenvalue weighted by atomic mass is 19.1. The predicted octanol–water partition coefficient (Wildman–Crippen LogP) is 3.63. The van der Waals surface area contributed by atoms with Gasteiger partial charge in [0.25, 0.3) is 5.56 Å². The second-order valence-corrected chi connectivity index (χ2v) is 10.6. The van der Waals surface area contributed by atoms with Gasteiger partial charge in [-0.1, -0.05) is 12.1 Å². The Morgan fingerprint density at radius 3 is 2.80 bits per heavy atom. The third-order valence-corrected chi connectivity index (χ3v) is 8.12. The van der Waals surface area contributed by atoms with Gasteiger partial charge in [0, 0.05) is 19.3 Å². The van der Waals surface area contributed by atoms with Crippen LogP contribution in [0.3, 0.4) is 0 Å². The van der Waals surface area contributed by atoms with Crippen molar-refractivity contribution in [3.63, 3.8) is 0 Å². The summed E-state index contributed by atoms with van der Waals surface area (Å²) in [5.74, 6) is 0.547. The zero-order valence-corrected chi connectivity index (χ0v) is 22.2. The summed E-state index contributed by atoms with van der Waals surface area (Å²) in [4.78, 5) is 25.0. The number of anilines is 3. The lowest BCUT2D eigenvalue weighted by Crippen LogP contribution is -2.41. The maximum atomic E-state index is 13.8. The molecular weight excluding hydrogens is 525 g/mol. The lowest BCUT2D eigenvalue weighted by Gasteiger charge is -2.35. The fraction of sp³-hybridized carbons (Fsp3) is 0.276. The van der Waals surface area contributed by atoms with Gasteiger partial charge in [-0.25, -0.2) is 9.37 Å². The number of nitrogens with one attached hydrogen (secondary N) is 2. The number of halogens is 1. The Hall–Kier alpha value is -5.18. The number of pyridine rings is 1. The number of aromatic nitrogens is 5. The van der Waals surface area contributed by atoms with Crippen molar-refractivity contribution >= 4 is 39.4 Å². The quantitative estimate of drug-likeness (QED) is 0.297. The number of ether oxygens (including phenoxy) is 1. The van der Waals surface area contributed by atoms with E-state index in [4.69, 9.17) is 15.5 Å². The van der Waals surface area contributed by atoms with Crippen LogP contribution in [0.2, 0.25) is 0 Å². The number of hydrogen-bond donors (Lipinski definition) is 3. The minimum absolute atomic E-state index is 0.0926. The molecule has 4 heterocycles. The van der Waals surface area contributed by atoms with Crippen LogP contribution in [-0.4, -0.2) is 51.0 Å². The molecule has 3 aromatic heterocycles. The monoisotopic (exact) mass is 551 g/mol. The smallest absolute Gasteiger partial charge is 0.270 e. The summed E-state index contributed by atoms with van der Waals surface area (Å²) in [6.07, 6.45) is 4.02. The van der Waals surface area contributed by atoms with Crippen LogP contribution in [0.5, 0.6) is 5.75 Å². The van der Waals surface area contributed by atoms with Gasteiger partial charge in [0.05, 0.1) is 46.9 Å². The van der Waals surface area contributed by atoms with Crippen LogP contribution in [0.1, 0.15) is 24.8 Å². The maximum Gasteiger partial charge on any atom is 0.270 e. The third-order valence-electron chi connectivity index (χ3n) is 8.12. The molecule has 206 valence electrons. The van der Waals surface area contributed by atoms with Crippen molar-refractivity contribution in [2.75, 3.05) is 36.1 Å². The standard InChI is InChI=1S/C29H26FN9O2/c1-38(14-19-12-33-21-8-5-17(30)11-22(21)41-19)28-34-13-20-24-23(25(32)37-36-24)27(40)39(26(20)35-28)18-6-3-16(4-7-18)29(15-31)9-2-10-29/h3-8,11,13,19,33H,2,9-10,12,14H2,1H3,(H3,32,36,37). The van der Waals surface area contributed by atoms with Crippen LogP contribution in [0.25, 0.3) is 27.6 Å². The molecule has 1 fully saturated rings. The first kappa shape index (κ1) is 24.8. The van der Waals surface area contributed by atoms with E-state index < -0.39 is 5.41 Å². The van der Waals surface area contributed by atoms with Gasteiger partial charge in [-0.2, -0.15) is 15.3 Å². The van der Waals surface area contributed by atoms with Gasteiger partial charge in [-0.3, -0.25) is 14.5 Å². The number of nitrogens with zero attached hydrogens (tertiary/aromatic N) is 6. The Kier molecular flexibility index (Phi) is 5.57. The highest BCUT2D eigenvalue weighted by Crippen LogP contribution is 2.43. The van der Waals surface area contributed by atoms with Crippen molar-refractivity contribution in [2.45, 2.75) is 30.8 Å². The molecule has 0 amide bonds. The minimum Gasteiger partial charge on any atom is -0.484 e. The van der Waals surface area contributed by atoms with Crippen LogP contribution in [0.15, 0.2) is 53.5 Å². The summed E-state index contributed by atoms with van der Waals surface area (Å²) in [6.45, 7) is 0.925. The van der Waals surface area contributed by atoms with Crippen molar-refractivity contribution in [1.82, 2.24) is 24.7 Å². The summed E-state index contributed by atoms with van der Waals surface area (Å²) in [5, 5.41) is 20.8. The van der Waals surface area contributed by atoms with Crippen molar-refractivity contribution < 1.29 is 9.13 Å². The lowest BCUT2D eigenvalue weighted by atomic mass is 9.65. The molecule has 1 saturated carbocycles. The Bertz CT molecular complexity index is 1920. The van der Waals surface area contributed by atoms with E-state index in [1.165, 1.54) is 16.7 Å². The number of benzene rings is 2. The SMILES string of the molecule is CN(CC1CNc2ccc(F)cc2O1)c1ncc2c3[nH]nc(N)c3c(=O)n(-c3ccc(C4(C#N)CCC4)cc3)c2n1. The molecule has 1 aliphatic carbocycles. The van der Waals surface area contributed by atoms with E-state index >= 15 is 0 Å². The van der Waals surface area contributed by atoms with Gasteiger partial charge in [0.1, 0.15) is 23.1 Å². The molecule has 12 heteroatoms. The molecule has 0 saturated heterocycles. The minimum atomic E-state index is -0.467. The number of nitrogen functional groups attached to an aromatic ring is 1. The van der Waals surface area contributed by atoms with Gasteiger partial charge < -0.3 is 20.7 Å². The van der Waals surface area contributed by atoms with Crippen LogP contribution >= 0.6 is 0 Å². The van der Waals surface area contributed by atoms with Crippen molar-refractivity contribution in [2.24, 2.45) is 0 Å². The van der Waals surface area contributed by atoms with Gasteiger partial charge in [-0.15, -0.1) is 0 Å². The first-order valence-corrected chi connectivity index (χ1v) is 13.4. The normalized spacial score (nSPS) is 17.2. The molecule has 0 spiro atoms. The molecule has 5 aromatic rings. The molecule has 1 unspecified atom stereocenters. The number of rotatable bonds is 5. The fourth-order valence-corrected chi connectivity index (χ4v) is 5.71. The van der Waals surface area contributed by atoms with Gasteiger partial charge in [-0.05, 0) is 49.1 Å². The summed E-state index contributed by atoms with van der Waals surface area (Å²) in [6, 6.07) is 14.3. The second-order valence-electron chi connectivity index (χ2n) is 10.6. The summed E-state index contributed by atoms with van der Waals surface area (Å²) in [7, 11) is 1.83.